The molecule has 1 amide bonds. The summed E-state index contributed by atoms with van der Waals surface area (Å²) in [5.74, 6) is -0.104. The highest BCUT2D eigenvalue weighted by atomic mass is 35.5. The Hall–Kier alpha value is -2.90. The van der Waals surface area contributed by atoms with E-state index in [1.165, 1.54) is 12.1 Å². The lowest BCUT2D eigenvalue weighted by molar-refractivity contribution is 0.0682. The molecule has 1 saturated heterocycles. The normalized spacial score (nSPS) is 17.4. The molecule has 1 aliphatic heterocycles. The minimum atomic E-state index is -0.326. The van der Waals surface area contributed by atoms with Crippen molar-refractivity contribution in [3.05, 3.63) is 70.3 Å². The van der Waals surface area contributed by atoms with Crippen LogP contribution in [0.4, 0.5) is 10.1 Å². The fraction of sp³-hybridized carbons (Fsp3) is 0.333. The molecular formula is C24H23ClFN3O3. The monoisotopic (exact) mass is 455 g/mol. The molecule has 2 heterocycles. The minimum Gasteiger partial charge on any atom is -0.489 e. The summed E-state index contributed by atoms with van der Waals surface area (Å²) < 4.78 is 26.6. The first kappa shape index (κ1) is 21.0. The van der Waals surface area contributed by atoms with Gasteiger partial charge in [0.15, 0.2) is 5.69 Å². The summed E-state index contributed by atoms with van der Waals surface area (Å²) >= 11 is 6.18. The van der Waals surface area contributed by atoms with Gasteiger partial charge in [-0.3, -0.25) is 4.79 Å². The number of carbonyl (C=O) groups is 1. The summed E-state index contributed by atoms with van der Waals surface area (Å²) in [6.07, 6.45) is 4.59. The van der Waals surface area contributed by atoms with Crippen molar-refractivity contribution in [2.24, 2.45) is 0 Å². The number of halogens is 2. The fourth-order valence-corrected chi connectivity index (χ4v) is 4.45. The molecule has 8 heteroatoms. The van der Waals surface area contributed by atoms with Crippen LogP contribution in [0, 0.1) is 5.82 Å². The molecule has 5 rings (SSSR count). The van der Waals surface area contributed by atoms with Crippen molar-refractivity contribution < 1.29 is 18.7 Å². The second-order valence-corrected chi connectivity index (χ2v) is 8.49. The van der Waals surface area contributed by atoms with E-state index in [1.807, 2.05) is 0 Å². The molecule has 32 heavy (non-hydrogen) atoms. The average Bonchev–Trinajstić information content (AvgIpc) is 3.52. The van der Waals surface area contributed by atoms with Crippen molar-refractivity contribution >= 4 is 23.2 Å². The first-order chi connectivity index (χ1) is 15.6. The standard InChI is InChI=1S/C24H23ClFN3O3/c25-15-6-11-22(32-14-18-3-2-12-31-18)20(13-15)27-24(30)23-19-4-1-5-21(19)29(28-23)17-9-7-16(26)8-10-17/h6-11,13,18H,1-5,12,14H2,(H,27,30). The molecule has 1 aliphatic carbocycles. The number of nitrogens with zero attached hydrogens (tertiary/aromatic N) is 2. The van der Waals surface area contributed by atoms with E-state index < -0.39 is 0 Å². The topological polar surface area (TPSA) is 65.4 Å². The zero-order valence-electron chi connectivity index (χ0n) is 17.4. The Morgan fingerprint density at radius 1 is 1.22 bits per heavy atom. The number of hydrogen-bond acceptors (Lipinski definition) is 4. The van der Waals surface area contributed by atoms with Crippen LogP contribution in [0.3, 0.4) is 0 Å². The predicted octanol–water partition coefficient (Wildman–Crippen LogP) is 4.96. The molecule has 0 bridgehead atoms. The number of rotatable bonds is 6. The zero-order valence-corrected chi connectivity index (χ0v) is 18.2. The number of nitrogens with one attached hydrogen (secondary N) is 1. The SMILES string of the molecule is O=C(Nc1cc(Cl)ccc1OCC1CCCO1)c1nn(-c2ccc(F)cc2)c2c1CCC2. The van der Waals surface area contributed by atoms with Crippen molar-refractivity contribution in [2.45, 2.75) is 38.2 Å². The van der Waals surface area contributed by atoms with Gasteiger partial charge in [-0.2, -0.15) is 5.10 Å². The number of amides is 1. The Morgan fingerprint density at radius 2 is 2.06 bits per heavy atom. The first-order valence-electron chi connectivity index (χ1n) is 10.8. The van der Waals surface area contributed by atoms with Crippen LogP contribution in [0.25, 0.3) is 5.69 Å². The van der Waals surface area contributed by atoms with Gasteiger partial charge in [0.1, 0.15) is 18.2 Å². The van der Waals surface area contributed by atoms with Gasteiger partial charge in [0, 0.05) is 22.9 Å². The van der Waals surface area contributed by atoms with Gasteiger partial charge in [0.05, 0.1) is 17.5 Å². The molecular weight excluding hydrogens is 433 g/mol. The number of carbonyl (C=O) groups excluding carboxylic acids is 1. The van der Waals surface area contributed by atoms with Crippen LogP contribution in [-0.4, -0.2) is 35.0 Å². The lowest BCUT2D eigenvalue weighted by atomic mass is 10.2. The van der Waals surface area contributed by atoms with Crippen molar-refractivity contribution in [3.63, 3.8) is 0 Å². The molecule has 1 fully saturated rings. The zero-order chi connectivity index (χ0) is 22.1. The van der Waals surface area contributed by atoms with E-state index in [0.717, 1.165) is 55.7 Å². The van der Waals surface area contributed by atoms with Gasteiger partial charge >= 0.3 is 0 Å². The number of hydrogen-bond donors (Lipinski definition) is 1. The van der Waals surface area contributed by atoms with Crippen LogP contribution in [0.15, 0.2) is 42.5 Å². The second-order valence-electron chi connectivity index (χ2n) is 8.06. The fourth-order valence-electron chi connectivity index (χ4n) is 4.28. The van der Waals surface area contributed by atoms with E-state index in [2.05, 4.69) is 10.4 Å². The molecule has 1 unspecified atom stereocenters. The van der Waals surface area contributed by atoms with Gasteiger partial charge in [0.25, 0.3) is 5.91 Å². The van der Waals surface area contributed by atoms with Gasteiger partial charge in [-0.05, 0) is 74.6 Å². The van der Waals surface area contributed by atoms with Crippen molar-refractivity contribution in [1.29, 1.82) is 0 Å². The van der Waals surface area contributed by atoms with E-state index in [1.54, 1.807) is 35.0 Å². The smallest absolute Gasteiger partial charge is 0.276 e. The number of ether oxygens (including phenoxy) is 2. The molecule has 0 radical (unpaired) electrons. The molecule has 2 aromatic carbocycles. The van der Waals surface area contributed by atoms with Crippen LogP contribution in [-0.2, 0) is 17.6 Å². The predicted molar refractivity (Wildman–Crippen MR) is 119 cm³/mol. The molecule has 166 valence electrons. The number of fused-ring (bicyclic) bond motifs is 1. The molecule has 3 aromatic rings. The Balaban J connectivity index is 1.40. The third kappa shape index (κ3) is 4.23. The lowest BCUT2D eigenvalue weighted by Crippen LogP contribution is -2.19. The van der Waals surface area contributed by atoms with Crippen molar-refractivity contribution in [1.82, 2.24) is 9.78 Å². The van der Waals surface area contributed by atoms with Crippen LogP contribution in [0.5, 0.6) is 5.75 Å². The summed E-state index contributed by atoms with van der Waals surface area (Å²) in [5, 5.41) is 7.99. The molecule has 2 aliphatic rings. The average molecular weight is 456 g/mol. The van der Waals surface area contributed by atoms with E-state index >= 15 is 0 Å². The second kappa shape index (κ2) is 8.92. The number of benzene rings is 2. The Bertz CT molecular complexity index is 1140. The number of aromatic nitrogens is 2. The first-order valence-corrected chi connectivity index (χ1v) is 11.2. The Morgan fingerprint density at radius 3 is 2.84 bits per heavy atom. The van der Waals surface area contributed by atoms with E-state index in [4.69, 9.17) is 21.1 Å². The highest BCUT2D eigenvalue weighted by Crippen LogP contribution is 2.32. The molecule has 1 N–H and O–H groups in total. The largest absolute Gasteiger partial charge is 0.489 e. The highest BCUT2D eigenvalue weighted by Gasteiger charge is 2.27. The van der Waals surface area contributed by atoms with Gasteiger partial charge in [-0.15, -0.1) is 0 Å². The molecule has 0 saturated carbocycles. The highest BCUT2D eigenvalue weighted by molar-refractivity contribution is 6.31. The third-order valence-corrected chi connectivity index (χ3v) is 6.09. The van der Waals surface area contributed by atoms with Crippen molar-refractivity contribution in [2.75, 3.05) is 18.5 Å². The Labute approximate surface area is 190 Å². The molecule has 1 atom stereocenters. The van der Waals surface area contributed by atoms with Crippen LogP contribution < -0.4 is 10.1 Å². The summed E-state index contributed by atoms with van der Waals surface area (Å²) in [4.78, 5) is 13.2. The van der Waals surface area contributed by atoms with Gasteiger partial charge in [-0.1, -0.05) is 11.6 Å². The minimum absolute atomic E-state index is 0.0592. The summed E-state index contributed by atoms with van der Waals surface area (Å²) in [6, 6.07) is 11.2. The van der Waals surface area contributed by atoms with E-state index in [9.17, 15) is 9.18 Å². The molecule has 6 nitrogen and oxygen atoms in total. The maximum absolute atomic E-state index is 13.4. The van der Waals surface area contributed by atoms with Crippen LogP contribution in [0.1, 0.15) is 41.0 Å². The maximum Gasteiger partial charge on any atom is 0.276 e. The number of anilines is 1. The van der Waals surface area contributed by atoms with Gasteiger partial charge in [-0.25, -0.2) is 9.07 Å². The summed E-state index contributed by atoms with van der Waals surface area (Å²) in [6.45, 7) is 1.17. The van der Waals surface area contributed by atoms with Gasteiger partial charge in [0.2, 0.25) is 0 Å². The maximum atomic E-state index is 13.4. The summed E-state index contributed by atoms with van der Waals surface area (Å²) in [7, 11) is 0. The van der Waals surface area contributed by atoms with Gasteiger partial charge < -0.3 is 14.8 Å². The van der Waals surface area contributed by atoms with E-state index in [0.29, 0.717) is 28.8 Å². The summed E-state index contributed by atoms with van der Waals surface area (Å²) in [5.41, 5.74) is 3.50. The molecule has 0 spiro atoms. The quantitative estimate of drug-likeness (QED) is 0.570. The Kier molecular flexibility index (Phi) is 5.85. The van der Waals surface area contributed by atoms with Crippen LogP contribution in [0.2, 0.25) is 5.02 Å². The van der Waals surface area contributed by atoms with E-state index in [-0.39, 0.29) is 17.8 Å². The lowest BCUT2D eigenvalue weighted by Gasteiger charge is -2.15. The molecule has 1 aromatic heterocycles. The third-order valence-electron chi connectivity index (χ3n) is 5.86. The van der Waals surface area contributed by atoms with Crippen molar-refractivity contribution in [3.8, 4) is 11.4 Å². The van der Waals surface area contributed by atoms with Crippen LogP contribution >= 0.6 is 11.6 Å².